The van der Waals surface area contributed by atoms with Gasteiger partial charge in [-0.3, -0.25) is 0 Å². The summed E-state index contributed by atoms with van der Waals surface area (Å²) in [6, 6.07) is 5.40. The van der Waals surface area contributed by atoms with E-state index in [0.717, 1.165) is 6.07 Å². The predicted molar refractivity (Wildman–Crippen MR) is 87.7 cm³/mol. The largest absolute Gasteiger partial charge is 0.598 e. The third-order valence-electron chi connectivity index (χ3n) is 3.55. The van der Waals surface area contributed by atoms with Crippen molar-refractivity contribution in [2.75, 3.05) is 13.2 Å². The van der Waals surface area contributed by atoms with Crippen LogP contribution in [0.25, 0.3) is 0 Å². The first-order valence-corrected chi connectivity index (χ1v) is 8.70. The van der Waals surface area contributed by atoms with Crippen LogP contribution in [0.2, 0.25) is 0 Å². The molecule has 9 heteroatoms. The summed E-state index contributed by atoms with van der Waals surface area (Å²) in [6.45, 7) is 3.88. The maximum absolute atomic E-state index is 14.3. The van der Waals surface area contributed by atoms with Crippen LogP contribution in [0.1, 0.15) is 33.3 Å². The smallest absolute Gasteiger partial charge is 0.411 e. The Balaban J connectivity index is 3.28. The minimum Gasteiger partial charge on any atom is -0.598 e. The maximum atomic E-state index is 14.3. The van der Waals surface area contributed by atoms with E-state index >= 15 is 0 Å². The van der Waals surface area contributed by atoms with Crippen molar-refractivity contribution in [2.45, 2.75) is 50.3 Å². The highest BCUT2D eigenvalue weighted by Crippen LogP contribution is 2.33. The number of halogens is 4. The fourth-order valence-electron chi connectivity index (χ4n) is 2.12. The average Bonchev–Trinajstić information content (AvgIpc) is 2.45. The predicted octanol–water partition coefficient (Wildman–Crippen LogP) is 3.03. The van der Waals surface area contributed by atoms with Crippen molar-refractivity contribution in [1.29, 1.82) is 0 Å². The van der Waals surface area contributed by atoms with Crippen LogP contribution in [0.15, 0.2) is 24.3 Å². The van der Waals surface area contributed by atoms with Crippen LogP contribution < -0.4 is 4.72 Å². The summed E-state index contributed by atoms with van der Waals surface area (Å²) in [6.07, 6.45) is -6.09. The summed E-state index contributed by atoms with van der Waals surface area (Å²) >= 11 is -1.75. The van der Waals surface area contributed by atoms with E-state index in [4.69, 9.17) is 4.74 Å². The van der Waals surface area contributed by atoms with Crippen molar-refractivity contribution in [2.24, 2.45) is 0 Å². The van der Waals surface area contributed by atoms with Crippen molar-refractivity contribution in [3.05, 3.63) is 35.6 Å². The highest BCUT2D eigenvalue weighted by atomic mass is 32.2. The Morgan fingerprint density at radius 3 is 2.20 bits per heavy atom. The number of aliphatic hydroxyl groups excluding tert-OH is 1. The van der Waals surface area contributed by atoms with Gasteiger partial charge in [-0.15, -0.1) is 4.72 Å². The number of benzene rings is 1. The van der Waals surface area contributed by atoms with Crippen LogP contribution in [0.5, 0.6) is 0 Å². The molecular weight excluding hydrogens is 362 g/mol. The van der Waals surface area contributed by atoms with Gasteiger partial charge in [0.05, 0.1) is 6.61 Å². The molecule has 0 fully saturated rings. The number of hydrogen-bond acceptors (Lipinski definition) is 4. The van der Waals surface area contributed by atoms with Gasteiger partial charge in [-0.1, -0.05) is 18.2 Å². The van der Waals surface area contributed by atoms with Crippen LogP contribution in [-0.2, 0) is 21.6 Å². The Bertz CT molecular complexity index is 565. The normalized spacial score (nSPS) is 17.8. The lowest BCUT2D eigenvalue weighted by atomic mass is 9.87. The molecule has 0 saturated carbocycles. The Morgan fingerprint density at radius 2 is 1.76 bits per heavy atom. The standard InChI is InChI=1S/C16H23F4NO3S/c1-14(2,3)25(23)21-15(4,11-7-5-6-8-12(11)17)13(9-22)24-10-16(18,19)20/h5-8,13,21-22H,9-10H2,1-4H3/t13?,15-,25?/m1/s1. The monoisotopic (exact) mass is 385 g/mol. The molecule has 0 aliphatic rings. The molecule has 0 amide bonds. The van der Waals surface area contributed by atoms with E-state index in [0.29, 0.717) is 0 Å². The van der Waals surface area contributed by atoms with Gasteiger partial charge in [0.2, 0.25) is 0 Å². The Labute approximate surface area is 147 Å². The molecule has 0 spiro atoms. The van der Waals surface area contributed by atoms with E-state index in [-0.39, 0.29) is 5.56 Å². The van der Waals surface area contributed by atoms with Crippen molar-refractivity contribution >= 4 is 11.4 Å². The summed E-state index contributed by atoms with van der Waals surface area (Å²) < 4.78 is 71.0. The van der Waals surface area contributed by atoms with E-state index in [9.17, 15) is 27.2 Å². The molecule has 25 heavy (non-hydrogen) atoms. The van der Waals surface area contributed by atoms with Crippen LogP contribution in [0, 0.1) is 5.82 Å². The molecule has 0 aliphatic carbocycles. The van der Waals surface area contributed by atoms with E-state index in [1.54, 1.807) is 20.8 Å². The SMILES string of the molecule is CC(C)(C)[S+]([O-])N[C@](C)(c1ccccc1F)C(CO)OCC(F)(F)F. The fourth-order valence-corrected chi connectivity index (χ4v) is 3.05. The summed E-state index contributed by atoms with van der Waals surface area (Å²) in [7, 11) is 0. The van der Waals surface area contributed by atoms with Gasteiger partial charge < -0.3 is 14.4 Å². The number of nitrogens with one attached hydrogen (secondary N) is 1. The van der Waals surface area contributed by atoms with Crippen LogP contribution >= 0.6 is 0 Å². The van der Waals surface area contributed by atoms with Gasteiger partial charge in [0.1, 0.15) is 28.8 Å². The zero-order chi connectivity index (χ0) is 19.5. The molecule has 1 aromatic carbocycles. The maximum Gasteiger partial charge on any atom is 0.411 e. The molecule has 2 unspecified atom stereocenters. The van der Waals surface area contributed by atoms with E-state index in [1.165, 1.54) is 25.1 Å². The highest BCUT2D eigenvalue weighted by molar-refractivity contribution is 7.90. The third-order valence-corrected chi connectivity index (χ3v) is 5.27. The Hall–Kier alpha value is -0.870. The molecule has 1 rings (SSSR count). The number of hydrogen-bond donors (Lipinski definition) is 2. The lowest BCUT2D eigenvalue weighted by Gasteiger charge is -2.39. The molecule has 0 radical (unpaired) electrons. The van der Waals surface area contributed by atoms with Gasteiger partial charge in [0.25, 0.3) is 0 Å². The van der Waals surface area contributed by atoms with E-state index in [1.807, 2.05) is 0 Å². The van der Waals surface area contributed by atoms with Gasteiger partial charge >= 0.3 is 6.18 Å². The first-order chi connectivity index (χ1) is 11.3. The van der Waals surface area contributed by atoms with Crippen molar-refractivity contribution < 1.29 is 32.0 Å². The highest BCUT2D eigenvalue weighted by Gasteiger charge is 2.46. The molecular formula is C16H23F4NO3S. The molecule has 0 bridgehead atoms. The second kappa shape index (κ2) is 8.22. The van der Waals surface area contributed by atoms with E-state index in [2.05, 4.69) is 4.72 Å². The molecule has 1 aromatic rings. The number of ether oxygens (including phenoxy) is 1. The lowest BCUT2D eigenvalue weighted by molar-refractivity contribution is -0.196. The number of alkyl halides is 3. The van der Waals surface area contributed by atoms with Crippen molar-refractivity contribution in [3.8, 4) is 0 Å². The Morgan fingerprint density at radius 1 is 1.20 bits per heavy atom. The summed E-state index contributed by atoms with van der Waals surface area (Å²) in [5.41, 5.74) is -1.70. The van der Waals surface area contributed by atoms with Crippen molar-refractivity contribution in [3.63, 3.8) is 0 Å². The second-order valence-electron chi connectivity index (χ2n) is 6.76. The minimum atomic E-state index is -4.62. The molecule has 0 aromatic heterocycles. The second-order valence-corrected chi connectivity index (χ2v) is 8.73. The van der Waals surface area contributed by atoms with Gasteiger partial charge in [-0.2, -0.15) is 13.2 Å². The minimum absolute atomic E-state index is 0.0474. The number of rotatable bonds is 7. The van der Waals surface area contributed by atoms with Gasteiger partial charge in [-0.05, 0) is 33.8 Å². The van der Waals surface area contributed by atoms with Gasteiger partial charge in [0.15, 0.2) is 0 Å². The molecule has 144 valence electrons. The fraction of sp³-hybridized carbons (Fsp3) is 0.625. The summed E-state index contributed by atoms with van der Waals surface area (Å²) in [4.78, 5) is 0. The summed E-state index contributed by atoms with van der Waals surface area (Å²) in [5, 5.41) is 9.57. The molecule has 4 nitrogen and oxygen atoms in total. The van der Waals surface area contributed by atoms with E-state index < -0.39 is 53.0 Å². The topological polar surface area (TPSA) is 64.5 Å². The van der Waals surface area contributed by atoms with Crippen molar-refractivity contribution in [1.82, 2.24) is 4.72 Å². The zero-order valence-corrected chi connectivity index (χ0v) is 15.3. The quantitative estimate of drug-likeness (QED) is 0.559. The van der Waals surface area contributed by atoms with Gasteiger partial charge in [-0.25, -0.2) is 4.39 Å². The van der Waals surface area contributed by atoms with Gasteiger partial charge in [0, 0.05) is 16.9 Å². The summed E-state index contributed by atoms with van der Waals surface area (Å²) in [5.74, 6) is -0.711. The first-order valence-electron chi connectivity index (χ1n) is 7.55. The Kier molecular flexibility index (Phi) is 7.29. The third kappa shape index (κ3) is 6.10. The lowest BCUT2D eigenvalue weighted by Crippen LogP contribution is -2.58. The first kappa shape index (κ1) is 22.2. The van der Waals surface area contributed by atoms with Crippen LogP contribution in [0.4, 0.5) is 17.6 Å². The number of aliphatic hydroxyl groups is 1. The average molecular weight is 385 g/mol. The molecule has 0 saturated heterocycles. The molecule has 0 aliphatic heterocycles. The van der Waals surface area contributed by atoms with Crippen LogP contribution in [-0.4, -0.2) is 39.9 Å². The van der Waals surface area contributed by atoms with Crippen LogP contribution in [0.3, 0.4) is 0 Å². The molecule has 0 heterocycles. The zero-order valence-electron chi connectivity index (χ0n) is 14.5. The molecule has 3 atom stereocenters. The molecule has 2 N–H and O–H groups in total.